The lowest BCUT2D eigenvalue weighted by Gasteiger charge is -2.06. The van der Waals surface area contributed by atoms with Crippen LogP contribution in [0.4, 0.5) is 10.2 Å². The van der Waals surface area contributed by atoms with Gasteiger partial charge in [0.05, 0.1) is 11.9 Å². The van der Waals surface area contributed by atoms with Crippen molar-refractivity contribution in [3.63, 3.8) is 0 Å². The molecule has 4 rings (SSSR count). The Hall–Kier alpha value is -3.77. The van der Waals surface area contributed by atoms with Gasteiger partial charge in [0.25, 0.3) is 5.91 Å². The molecule has 1 amide bonds. The smallest absolute Gasteiger partial charge is 0.293 e. The zero-order chi connectivity index (χ0) is 22.5. The third-order valence-corrected chi connectivity index (χ3v) is 5.37. The maximum atomic E-state index is 13.3. The van der Waals surface area contributed by atoms with Crippen LogP contribution < -0.4 is 11.2 Å². The van der Waals surface area contributed by atoms with Crippen molar-refractivity contribution in [3.05, 3.63) is 76.3 Å². The molecule has 2 heterocycles. The molecular weight excluding hydrogens is 459 g/mol. The molecule has 0 saturated heterocycles. The van der Waals surface area contributed by atoms with E-state index < -0.39 is 11.7 Å². The number of benzene rings is 2. The number of rotatable bonds is 7. The number of amides is 1. The van der Waals surface area contributed by atoms with Gasteiger partial charge in [-0.1, -0.05) is 28.9 Å². The first-order chi connectivity index (χ1) is 15.5. The SMILES string of the molecule is Nc1nonc1-n1nnc(C(=O)N/N=C\c2cccc(F)c2)c1CSc1ccc(Cl)cc1. The molecule has 3 N–H and O–H groups in total. The van der Waals surface area contributed by atoms with Crippen LogP contribution in [0.25, 0.3) is 5.82 Å². The standard InChI is InChI=1S/C19H14ClFN8O2S/c20-12-4-6-14(7-5-12)32-10-15-16(24-28-29(15)18-17(22)26-31-27-18)19(30)25-23-9-11-2-1-3-13(21)8-11/h1-9H,10H2,(H2,22,26)(H,25,30)/b23-9-. The Balaban J connectivity index is 1.57. The van der Waals surface area contributed by atoms with Crippen LogP contribution >= 0.6 is 23.4 Å². The van der Waals surface area contributed by atoms with E-state index in [-0.39, 0.29) is 23.1 Å². The molecule has 2 aromatic carbocycles. The highest BCUT2D eigenvalue weighted by Crippen LogP contribution is 2.27. The number of anilines is 1. The Morgan fingerprint density at radius 3 is 2.81 bits per heavy atom. The molecule has 162 valence electrons. The van der Waals surface area contributed by atoms with E-state index in [1.165, 1.54) is 40.9 Å². The van der Waals surface area contributed by atoms with E-state index >= 15 is 0 Å². The van der Waals surface area contributed by atoms with Gasteiger partial charge in [-0.3, -0.25) is 4.79 Å². The second-order valence-corrected chi connectivity index (χ2v) is 7.75. The van der Waals surface area contributed by atoms with Crippen LogP contribution in [0.3, 0.4) is 0 Å². The number of nitrogens with two attached hydrogens (primary N) is 1. The van der Waals surface area contributed by atoms with Gasteiger partial charge < -0.3 is 5.73 Å². The number of nitrogen functional groups attached to an aromatic ring is 1. The number of carbonyl (C=O) groups is 1. The highest BCUT2D eigenvalue weighted by molar-refractivity contribution is 7.98. The van der Waals surface area contributed by atoms with Gasteiger partial charge in [0.2, 0.25) is 11.6 Å². The number of nitrogens with one attached hydrogen (secondary N) is 1. The lowest BCUT2D eigenvalue weighted by Crippen LogP contribution is -2.20. The zero-order valence-corrected chi connectivity index (χ0v) is 17.7. The van der Waals surface area contributed by atoms with Gasteiger partial charge in [-0.25, -0.2) is 14.4 Å². The maximum Gasteiger partial charge on any atom is 0.293 e. The second kappa shape index (κ2) is 9.58. The van der Waals surface area contributed by atoms with Gasteiger partial charge in [-0.2, -0.15) is 9.78 Å². The van der Waals surface area contributed by atoms with Crippen molar-refractivity contribution in [2.75, 3.05) is 5.73 Å². The topological polar surface area (TPSA) is 137 Å². The molecule has 10 nitrogen and oxygen atoms in total. The minimum absolute atomic E-state index is 0.00487. The Morgan fingerprint density at radius 1 is 1.28 bits per heavy atom. The Labute approximate surface area is 189 Å². The average Bonchev–Trinajstić information content (AvgIpc) is 3.39. The largest absolute Gasteiger partial charge is 0.378 e. The van der Waals surface area contributed by atoms with Crippen molar-refractivity contribution in [1.29, 1.82) is 0 Å². The summed E-state index contributed by atoms with van der Waals surface area (Å²) in [6, 6.07) is 13.0. The summed E-state index contributed by atoms with van der Waals surface area (Å²) in [6.07, 6.45) is 1.31. The fourth-order valence-electron chi connectivity index (χ4n) is 2.60. The molecule has 0 aliphatic rings. The summed E-state index contributed by atoms with van der Waals surface area (Å²) in [6.45, 7) is 0. The van der Waals surface area contributed by atoms with Crippen molar-refractivity contribution < 1.29 is 13.8 Å². The number of carbonyl (C=O) groups excluding carboxylic acids is 1. The number of nitrogens with zero attached hydrogens (tertiary/aromatic N) is 6. The average molecular weight is 473 g/mol. The van der Waals surface area contributed by atoms with E-state index in [0.717, 1.165) is 4.90 Å². The van der Waals surface area contributed by atoms with E-state index in [0.29, 0.717) is 16.3 Å². The molecule has 0 fully saturated rings. The third-order valence-electron chi connectivity index (χ3n) is 4.09. The minimum Gasteiger partial charge on any atom is -0.378 e. The molecule has 0 bridgehead atoms. The van der Waals surface area contributed by atoms with Gasteiger partial charge in [0.1, 0.15) is 5.82 Å². The van der Waals surface area contributed by atoms with Crippen LogP contribution in [0.5, 0.6) is 0 Å². The van der Waals surface area contributed by atoms with Crippen molar-refractivity contribution in [1.82, 2.24) is 30.7 Å². The Bertz CT molecular complexity index is 1270. The number of hydrogen-bond acceptors (Lipinski definition) is 9. The lowest BCUT2D eigenvalue weighted by atomic mass is 10.2. The number of hydrogen-bond donors (Lipinski definition) is 2. The van der Waals surface area contributed by atoms with Gasteiger partial charge in [0, 0.05) is 15.7 Å². The zero-order valence-electron chi connectivity index (χ0n) is 16.1. The number of thioether (sulfide) groups is 1. The van der Waals surface area contributed by atoms with E-state index in [1.807, 2.05) is 12.1 Å². The lowest BCUT2D eigenvalue weighted by molar-refractivity contribution is 0.0949. The molecule has 0 aliphatic heterocycles. The van der Waals surface area contributed by atoms with Crippen LogP contribution in [-0.2, 0) is 5.75 Å². The summed E-state index contributed by atoms with van der Waals surface area (Å²) in [4.78, 5) is 13.6. The summed E-state index contributed by atoms with van der Waals surface area (Å²) in [5.74, 6) is -0.651. The predicted octanol–water partition coefficient (Wildman–Crippen LogP) is 3.08. The third kappa shape index (κ3) is 4.92. The number of aromatic nitrogens is 5. The van der Waals surface area contributed by atoms with E-state index in [1.54, 1.807) is 18.2 Å². The van der Waals surface area contributed by atoms with Gasteiger partial charge >= 0.3 is 0 Å². The molecule has 4 aromatic rings. The molecule has 2 aromatic heterocycles. The van der Waals surface area contributed by atoms with Crippen molar-refractivity contribution in [2.45, 2.75) is 10.6 Å². The molecule has 0 aliphatic carbocycles. The summed E-state index contributed by atoms with van der Waals surface area (Å²) < 4.78 is 19.2. The molecule has 0 saturated carbocycles. The van der Waals surface area contributed by atoms with Gasteiger partial charge in [0.15, 0.2) is 5.69 Å². The number of halogens is 2. The monoisotopic (exact) mass is 472 g/mol. The first kappa shape index (κ1) is 21.5. The van der Waals surface area contributed by atoms with Crippen LogP contribution in [-0.4, -0.2) is 37.4 Å². The fraction of sp³-hybridized carbons (Fsp3) is 0.0526. The maximum absolute atomic E-state index is 13.3. The molecule has 13 heteroatoms. The van der Waals surface area contributed by atoms with E-state index in [9.17, 15) is 9.18 Å². The van der Waals surface area contributed by atoms with Crippen LogP contribution in [0.15, 0.2) is 63.2 Å². The summed E-state index contributed by atoms with van der Waals surface area (Å²) in [5, 5.41) is 19.6. The minimum atomic E-state index is -0.620. The summed E-state index contributed by atoms with van der Waals surface area (Å²) in [5.41, 5.74) is 9.02. The van der Waals surface area contributed by atoms with Crippen LogP contribution in [0.2, 0.25) is 5.02 Å². The summed E-state index contributed by atoms with van der Waals surface area (Å²) in [7, 11) is 0. The molecular formula is C19H14ClFN8O2S. The van der Waals surface area contributed by atoms with Crippen molar-refractivity contribution in [3.8, 4) is 5.82 Å². The number of hydrazone groups is 1. The van der Waals surface area contributed by atoms with Gasteiger partial charge in [-0.15, -0.1) is 16.9 Å². The highest BCUT2D eigenvalue weighted by atomic mass is 35.5. The quantitative estimate of drug-likeness (QED) is 0.238. The second-order valence-electron chi connectivity index (χ2n) is 6.27. The highest BCUT2D eigenvalue weighted by Gasteiger charge is 2.24. The van der Waals surface area contributed by atoms with Crippen molar-refractivity contribution in [2.24, 2.45) is 5.10 Å². The van der Waals surface area contributed by atoms with Crippen molar-refractivity contribution >= 4 is 41.3 Å². The first-order valence-electron chi connectivity index (χ1n) is 9.01. The van der Waals surface area contributed by atoms with Crippen LogP contribution in [0, 0.1) is 5.82 Å². The van der Waals surface area contributed by atoms with Crippen LogP contribution in [0.1, 0.15) is 21.7 Å². The molecule has 0 radical (unpaired) electrons. The Kier molecular flexibility index (Phi) is 6.42. The summed E-state index contributed by atoms with van der Waals surface area (Å²) >= 11 is 7.35. The molecule has 0 spiro atoms. The molecule has 0 atom stereocenters. The van der Waals surface area contributed by atoms with E-state index in [2.05, 4.69) is 35.8 Å². The predicted molar refractivity (Wildman–Crippen MR) is 116 cm³/mol. The van der Waals surface area contributed by atoms with Gasteiger partial charge in [-0.05, 0) is 52.3 Å². The van der Waals surface area contributed by atoms with E-state index in [4.69, 9.17) is 17.3 Å². The molecule has 0 unspecified atom stereocenters. The fourth-order valence-corrected chi connectivity index (χ4v) is 3.62. The Morgan fingerprint density at radius 2 is 2.09 bits per heavy atom. The first-order valence-corrected chi connectivity index (χ1v) is 10.4. The molecule has 32 heavy (non-hydrogen) atoms. The normalized spacial score (nSPS) is 11.2.